The van der Waals surface area contributed by atoms with Crippen LogP contribution in [0.1, 0.15) is 10.4 Å². The average Bonchev–Trinajstić information content (AvgIpc) is 3.11. The fourth-order valence-electron chi connectivity index (χ4n) is 2.87. The molecule has 6 nitrogen and oxygen atoms in total. The van der Waals surface area contributed by atoms with Crippen molar-refractivity contribution in [2.75, 3.05) is 23.4 Å². The van der Waals surface area contributed by atoms with Crippen molar-refractivity contribution in [3.05, 3.63) is 71.2 Å². The van der Waals surface area contributed by atoms with Gasteiger partial charge in [-0.1, -0.05) is 42.5 Å². The van der Waals surface area contributed by atoms with Crippen LogP contribution in [-0.4, -0.2) is 29.9 Å². The van der Waals surface area contributed by atoms with Crippen molar-refractivity contribution in [2.45, 2.75) is 6.42 Å². The van der Waals surface area contributed by atoms with Crippen molar-refractivity contribution in [3.63, 3.8) is 0 Å². The zero-order valence-corrected chi connectivity index (χ0v) is 15.2. The molecular formula is C20H17N3O3S. The fourth-order valence-corrected chi connectivity index (χ4v) is 3.74. The van der Waals surface area contributed by atoms with E-state index in [1.807, 2.05) is 30.3 Å². The van der Waals surface area contributed by atoms with Crippen LogP contribution < -0.4 is 15.0 Å². The Labute approximate surface area is 160 Å². The quantitative estimate of drug-likeness (QED) is 0.739. The molecule has 136 valence electrons. The van der Waals surface area contributed by atoms with Crippen LogP contribution in [0.2, 0.25) is 0 Å². The largest absolute Gasteiger partial charge is 0.482 e. The predicted molar refractivity (Wildman–Crippen MR) is 104 cm³/mol. The van der Waals surface area contributed by atoms with Crippen molar-refractivity contribution < 1.29 is 14.3 Å². The molecule has 7 heteroatoms. The summed E-state index contributed by atoms with van der Waals surface area (Å²) in [6, 6.07) is 17.3. The third kappa shape index (κ3) is 3.98. The monoisotopic (exact) mass is 379 g/mol. The number of hydrogen-bond acceptors (Lipinski definition) is 5. The smallest absolute Gasteiger partial charge is 0.265 e. The third-order valence-corrected chi connectivity index (χ3v) is 5.04. The summed E-state index contributed by atoms with van der Waals surface area (Å²) in [4.78, 5) is 31.3. The minimum atomic E-state index is -0.291. The molecule has 2 aromatic carbocycles. The third-order valence-electron chi connectivity index (χ3n) is 4.13. The Bertz CT molecular complexity index is 971. The lowest BCUT2D eigenvalue weighted by Crippen LogP contribution is -2.43. The molecule has 1 aliphatic rings. The van der Waals surface area contributed by atoms with Gasteiger partial charge in [0.2, 0.25) is 5.91 Å². The summed E-state index contributed by atoms with van der Waals surface area (Å²) >= 11 is 1.43. The standard InChI is InChI=1S/C20H17N3O3S/c24-18(12-23-16-8-4-5-9-17(16)26-13-19(23)25)22-20-21-11-15(27-20)10-14-6-2-1-3-7-14/h1-9,11H,10,12-13H2,(H,21,22,24). The van der Waals surface area contributed by atoms with E-state index in [1.54, 1.807) is 18.3 Å². The number of benzene rings is 2. The maximum Gasteiger partial charge on any atom is 0.265 e. The molecular weight excluding hydrogens is 362 g/mol. The number of ether oxygens (including phenoxy) is 1. The van der Waals surface area contributed by atoms with Crippen LogP contribution in [0.3, 0.4) is 0 Å². The number of amides is 2. The van der Waals surface area contributed by atoms with Gasteiger partial charge in [-0.15, -0.1) is 11.3 Å². The molecule has 2 heterocycles. The van der Waals surface area contributed by atoms with Gasteiger partial charge in [-0.3, -0.25) is 14.5 Å². The van der Waals surface area contributed by atoms with E-state index < -0.39 is 0 Å². The second-order valence-electron chi connectivity index (χ2n) is 6.08. The molecule has 0 aliphatic carbocycles. The highest BCUT2D eigenvalue weighted by atomic mass is 32.1. The van der Waals surface area contributed by atoms with Gasteiger partial charge in [-0.05, 0) is 17.7 Å². The lowest BCUT2D eigenvalue weighted by Gasteiger charge is -2.28. The molecule has 0 radical (unpaired) electrons. The average molecular weight is 379 g/mol. The van der Waals surface area contributed by atoms with Crippen LogP contribution in [0, 0.1) is 0 Å². The van der Waals surface area contributed by atoms with Gasteiger partial charge in [0.25, 0.3) is 5.91 Å². The van der Waals surface area contributed by atoms with Crippen molar-refractivity contribution in [1.82, 2.24) is 4.98 Å². The van der Waals surface area contributed by atoms with Crippen LogP contribution in [-0.2, 0) is 16.0 Å². The van der Waals surface area contributed by atoms with Crippen molar-refractivity contribution >= 4 is 34.0 Å². The van der Waals surface area contributed by atoms with E-state index in [-0.39, 0.29) is 25.0 Å². The Balaban J connectivity index is 1.41. The zero-order valence-electron chi connectivity index (χ0n) is 14.4. The zero-order chi connectivity index (χ0) is 18.6. The van der Waals surface area contributed by atoms with Gasteiger partial charge in [0.1, 0.15) is 12.3 Å². The number of nitrogens with one attached hydrogen (secondary N) is 1. The molecule has 0 spiro atoms. The molecule has 1 aliphatic heterocycles. The van der Waals surface area contributed by atoms with Gasteiger partial charge in [-0.2, -0.15) is 0 Å². The van der Waals surface area contributed by atoms with Crippen LogP contribution >= 0.6 is 11.3 Å². The van der Waals surface area contributed by atoms with Crippen molar-refractivity contribution in [2.24, 2.45) is 0 Å². The van der Waals surface area contributed by atoms with Crippen LogP contribution in [0.25, 0.3) is 0 Å². The molecule has 2 amide bonds. The van der Waals surface area contributed by atoms with Gasteiger partial charge in [-0.25, -0.2) is 4.98 Å². The molecule has 4 rings (SSSR count). The number of carbonyl (C=O) groups is 2. The number of anilines is 2. The SMILES string of the molecule is O=C(CN1C(=O)COc2ccccc21)Nc1ncc(Cc2ccccc2)s1. The highest BCUT2D eigenvalue weighted by Crippen LogP contribution is 2.31. The number of rotatable bonds is 5. The Morgan fingerprint density at radius 1 is 1.15 bits per heavy atom. The number of fused-ring (bicyclic) bond motifs is 1. The van der Waals surface area contributed by atoms with Crippen LogP contribution in [0.4, 0.5) is 10.8 Å². The van der Waals surface area contributed by atoms with Crippen molar-refractivity contribution in [1.29, 1.82) is 0 Å². The molecule has 0 atom stereocenters. The van der Waals surface area contributed by atoms with E-state index >= 15 is 0 Å². The first-order valence-corrected chi connectivity index (χ1v) is 9.31. The van der Waals surface area contributed by atoms with E-state index in [1.165, 1.54) is 21.8 Å². The number of thiazole rings is 1. The molecule has 0 unspecified atom stereocenters. The molecule has 3 aromatic rings. The fraction of sp³-hybridized carbons (Fsp3) is 0.150. The minimum absolute atomic E-state index is 0.0667. The van der Waals surface area contributed by atoms with E-state index in [0.717, 1.165) is 11.3 Å². The van der Waals surface area contributed by atoms with Gasteiger partial charge in [0, 0.05) is 17.5 Å². The van der Waals surface area contributed by atoms with Gasteiger partial charge >= 0.3 is 0 Å². The Morgan fingerprint density at radius 3 is 2.78 bits per heavy atom. The number of nitrogens with zero attached hydrogens (tertiary/aromatic N) is 2. The van der Waals surface area contributed by atoms with Gasteiger partial charge < -0.3 is 10.1 Å². The molecule has 0 saturated heterocycles. The Hall–Kier alpha value is -3.19. The number of carbonyl (C=O) groups excluding carboxylic acids is 2. The molecule has 27 heavy (non-hydrogen) atoms. The number of hydrogen-bond donors (Lipinski definition) is 1. The van der Waals surface area contributed by atoms with E-state index in [4.69, 9.17) is 4.74 Å². The van der Waals surface area contributed by atoms with Crippen molar-refractivity contribution in [3.8, 4) is 5.75 Å². The summed E-state index contributed by atoms with van der Waals surface area (Å²) in [7, 11) is 0. The number of para-hydroxylation sites is 2. The summed E-state index contributed by atoms with van der Waals surface area (Å²) in [6.45, 7) is -0.143. The summed E-state index contributed by atoms with van der Waals surface area (Å²) in [6.07, 6.45) is 2.53. The van der Waals surface area contributed by atoms with Crippen LogP contribution in [0.5, 0.6) is 5.75 Å². The van der Waals surface area contributed by atoms with Crippen LogP contribution in [0.15, 0.2) is 60.8 Å². The van der Waals surface area contributed by atoms with E-state index in [0.29, 0.717) is 16.6 Å². The maximum atomic E-state index is 12.4. The first kappa shape index (κ1) is 17.2. The Morgan fingerprint density at radius 2 is 1.93 bits per heavy atom. The molecule has 0 fully saturated rings. The molecule has 0 saturated carbocycles. The topological polar surface area (TPSA) is 71.5 Å². The first-order chi connectivity index (χ1) is 13.2. The van der Waals surface area contributed by atoms with E-state index in [2.05, 4.69) is 22.4 Å². The molecule has 1 aromatic heterocycles. The highest BCUT2D eigenvalue weighted by Gasteiger charge is 2.27. The van der Waals surface area contributed by atoms with Gasteiger partial charge in [0.15, 0.2) is 11.7 Å². The second kappa shape index (κ2) is 7.59. The molecule has 1 N–H and O–H groups in total. The van der Waals surface area contributed by atoms with E-state index in [9.17, 15) is 9.59 Å². The summed E-state index contributed by atoms with van der Waals surface area (Å²) in [5.74, 6) is 0.0673. The normalized spacial score (nSPS) is 13.0. The number of aromatic nitrogens is 1. The Kier molecular flexibility index (Phi) is 4.84. The second-order valence-corrected chi connectivity index (χ2v) is 7.19. The summed E-state index contributed by atoms with van der Waals surface area (Å²) in [5.41, 5.74) is 1.79. The lowest BCUT2D eigenvalue weighted by molar-refractivity contribution is -0.123. The van der Waals surface area contributed by atoms with Gasteiger partial charge in [0.05, 0.1) is 5.69 Å². The summed E-state index contributed by atoms with van der Waals surface area (Å²) < 4.78 is 5.39. The maximum absolute atomic E-state index is 12.4. The predicted octanol–water partition coefficient (Wildman–Crippen LogP) is 3.10. The minimum Gasteiger partial charge on any atom is -0.482 e. The molecule has 0 bridgehead atoms. The highest BCUT2D eigenvalue weighted by molar-refractivity contribution is 7.15. The lowest BCUT2D eigenvalue weighted by atomic mass is 10.1. The summed E-state index contributed by atoms with van der Waals surface area (Å²) in [5, 5.41) is 3.31. The first-order valence-electron chi connectivity index (χ1n) is 8.50.